The lowest BCUT2D eigenvalue weighted by molar-refractivity contribution is -0.384. The number of nitro groups is 1. The molecule has 7 heteroatoms. The molecule has 0 spiro atoms. The van der Waals surface area contributed by atoms with Gasteiger partial charge in [-0.2, -0.15) is 0 Å². The van der Waals surface area contributed by atoms with Gasteiger partial charge in [-0.3, -0.25) is 14.9 Å². The molecule has 0 bridgehead atoms. The van der Waals surface area contributed by atoms with Crippen molar-refractivity contribution in [2.45, 2.75) is 6.42 Å². The molecule has 1 aliphatic heterocycles. The number of ether oxygens (including phenoxy) is 1. The average molecular weight is 293 g/mol. The predicted octanol–water partition coefficient (Wildman–Crippen LogP) is 1.74. The van der Waals surface area contributed by atoms with Crippen LogP contribution in [-0.4, -0.2) is 49.6 Å². The van der Waals surface area contributed by atoms with E-state index in [-0.39, 0.29) is 11.6 Å². The Morgan fingerprint density at radius 2 is 2.33 bits per heavy atom. The highest BCUT2D eigenvalue weighted by atomic mass is 16.6. The fourth-order valence-corrected chi connectivity index (χ4v) is 2.60. The summed E-state index contributed by atoms with van der Waals surface area (Å²) in [6.07, 6.45) is 0.892. The minimum atomic E-state index is -0.492. The molecule has 1 fully saturated rings. The molecule has 1 amide bonds. The van der Waals surface area contributed by atoms with Crippen molar-refractivity contribution in [3.8, 4) is 0 Å². The number of anilines is 1. The maximum Gasteiger partial charge on any atom is 0.270 e. The van der Waals surface area contributed by atoms with Crippen LogP contribution in [0.1, 0.15) is 16.8 Å². The number of carbonyl (C=O) groups is 1. The molecule has 7 nitrogen and oxygen atoms in total. The van der Waals surface area contributed by atoms with Crippen molar-refractivity contribution >= 4 is 17.3 Å². The SMILES string of the molecule is CNc1ccc([N+](=O)[O-])cc1C(=O)N1CCC(COC)C1. The molecule has 114 valence electrons. The number of hydrogen-bond donors (Lipinski definition) is 1. The summed E-state index contributed by atoms with van der Waals surface area (Å²) in [4.78, 5) is 24.7. The van der Waals surface area contributed by atoms with Crippen LogP contribution in [0.3, 0.4) is 0 Å². The second kappa shape index (κ2) is 6.53. The first kappa shape index (κ1) is 15.2. The Morgan fingerprint density at radius 1 is 1.57 bits per heavy atom. The van der Waals surface area contributed by atoms with Crippen LogP contribution in [0.4, 0.5) is 11.4 Å². The maximum absolute atomic E-state index is 12.6. The molecule has 1 unspecified atom stereocenters. The summed E-state index contributed by atoms with van der Waals surface area (Å²) in [5.41, 5.74) is 0.857. The summed E-state index contributed by atoms with van der Waals surface area (Å²) in [7, 11) is 3.33. The molecule has 1 aromatic carbocycles. The molecule has 0 aromatic heterocycles. The molecule has 1 aromatic rings. The van der Waals surface area contributed by atoms with Gasteiger partial charge in [0.2, 0.25) is 0 Å². The van der Waals surface area contributed by atoms with E-state index < -0.39 is 4.92 Å². The summed E-state index contributed by atoms with van der Waals surface area (Å²) in [5, 5.41) is 13.8. The number of nitro benzene ring substituents is 1. The Bertz CT molecular complexity index is 547. The zero-order chi connectivity index (χ0) is 15.4. The lowest BCUT2D eigenvalue weighted by Crippen LogP contribution is -2.29. The largest absolute Gasteiger partial charge is 0.387 e. The zero-order valence-corrected chi connectivity index (χ0v) is 12.2. The predicted molar refractivity (Wildman–Crippen MR) is 78.5 cm³/mol. The summed E-state index contributed by atoms with van der Waals surface area (Å²) >= 11 is 0. The number of nitrogens with one attached hydrogen (secondary N) is 1. The van der Waals surface area contributed by atoms with Crippen molar-refractivity contribution in [1.82, 2.24) is 4.90 Å². The van der Waals surface area contributed by atoms with Gasteiger partial charge >= 0.3 is 0 Å². The Hall–Kier alpha value is -2.15. The van der Waals surface area contributed by atoms with Gasteiger partial charge in [0.25, 0.3) is 11.6 Å². The number of amides is 1. The van der Waals surface area contributed by atoms with Crippen molar-refractivity contribution in [2.75, 3.05) is 39.2 Å². The third kappa shape index (κ3) is 3.30. The van der Waals surface area contributed by atoms with Crippen LogP contribution in [0.25, 0.3) is 0 Å². The highest BCUT2D eigenvalue weighted by molar-refractivity contribution is 6.00. The van der Waals surface area contributed by atoms with E-state index in [0.29, 0.717) is 36.9 Å². The van der Waals surface area contributed by atoms with Crippen molar-refractivity contribution < 1.29 is 14.5 Å². The number of benzene rings is 1. The first-order valence-electron chi connectivity index (χ1n) is 6.81. The molecule has 21 heavy (non-hydrogen) atoms. The van der Waals surface area contributed by atoms with Crippen molar-refractivity contribution in [3.63, 3.8) is 0 Å². The number of carbonyl (C=O) groups excluding carboxylic acids is 1. The summed E-state index contributed by atoms with van der Waals surface area (Å²) in [5.74, 6) is 0.150. The molecule has 1 saturated heterocycles. The molecular formula is C14H19N3O4. The van der Waals surface area contributed by atoms with Crippen LogP contribution < -0.4 is 5.32 Å². The quantitative estimate of drug-likeness (QED) is 0.660. The van der Waals surface area contributed by atoms with Gasteiger partial charge in [-0.15, -0.1) is 0 Å². The van der Waals surface area contributed by atoms with Crippen molar-refractivity contribution in [1.29, 1.82) is 0 Å². The van der Waals surface area contributed by atoms with Gasteiger partial charge in [-0.1, -0.05) is 0 Å². The van der Waals surface area contributed by atoms with Gasteiger partial charge in [0, 0.05) is 51.0 Å². The highest BCUT2D eigenvalue weighted by Gasteiger charge is 2.28. The number of hydrogen-bond acceptors (Lipinski definition) is 5. The fraction of sp³-hybridized carbons (Fsp3) is 0.500. The first-order valence-corrected chi connectivity index (χ1v) is 6.81. The molecule has 0 radical (unpaired) electrons. The minimum absolute atomic E-state index is 0.0787. The number of rotatable bonds is 5. The number of methoxy groups -OCH3 is 1. The zero-order valence-electron chi connectivity index (χ0n) is 12.2. The fourth-order valence-electron chi connectivity index (χ4n) is 2.60. The Kier molecular flexibility index (Phi) is 4.74. The number of likely N-dealkylation sites (tertiary alicyclic amines) is 1. The molecule has 1 heterocycles. The molecule has 1 aliphatic rings. The van der Waals surface area contributed by atoms with Crippen LogP contribution in [0.15, 0.2) is 18.2 Å². The minimum Gasteiger partial charge on any atom is -0.387 e. The van der Waals surface area contributed by atoms with Crippen LogP contribution in [0.5, 0.6) is 0 Å². The summed E-state index contributed by atoms with van der Waals surface area (Å²) in [6, 6.07) is 4.28. The van der Waals surface area contributed by atoms with Crippen LogP contribution in [0, 0.1) is 16.0 Å². The van der Waals surface area contributed by atoms with E-state index in [1.165, 1.54) is 12.1 Å². The third-order valence-corrected chi connectivity index (χ3v) is 3.69. The molecule has 1 N–H and O–H groups in total. The van der Waals surface area contributed by atoms with E-state index in [9.17, 15) is 14.9 Å². The molecule has 0 saturated carbocycles. The van der Waals surface area contributed by atoms with Crippen LogP contribution in [0.2, 0.25) is 0 Å². The second-order valence-corrected chi connectivity index (χ2v) is 5.10. The molecular weight excluding hydrogens is 274 g/mol. The van der Waals surface area contributed by atoms with Crippen LogP contribution >= 0.6 is 0 Å². The summed E-state index contributed by atoms with van der Waals surface area (Å²) in [6.45, 7) is 1.90. The standard InChI is InChI=1S/C14H19N3O4/c1-15-13-4-3-11(17(19)20)7-12(13)14(18)16-6-5-10(8-16)9-21-2/h3-4,7,10,15H,5-6,8-9H2,1-2H3. The van der Waals surface area contributed by atoms with Gasteiger partial charge in [0.15, 0.2) is 0 Å². The third-order valence-electron chi connectivity index (χ3n) is 3.69. The van der Waals surface area contributed by atoms with Crippen molar-refractivity contribution in [3.05, 3.63) is 33.9 Å². The van der Waals surface area contributed by atoms with Crippen LogP contribution in [-0.2, 0) is 4.74 Å². The van der Waals surface area contributed by atoms with Gasteiger partial charge in [0.05, 0.1) is 17.1 Å². The van der Waals surface area contributed by atoms with E-state index in [1.807, 2.05) is 0 Å². The Morgan fingerprint density at radius 3 is 2.95 bits per heavy atom. The van der Waals surface area contributed by atoms with Gasteiger partial charge in [-0.25, -0.2) is 0 Å². The van der Waals surface area contributed by atoms with Gasteiger partial charge < -0.3 is 15.0 Å². The normalized spacial score (nSPS) is 17.8. The molecule has 2 rings (SSSR count). The van der Waals surface area contributed by atoms with E-state index in [0.717, 1.165) is 6.42 Å². The monoisotopic (exact) mass is 293 g/mol. The maximum atomic E-state index is 12.6. The van der Waals surface area contributed by atoms with Crippen molar-refractivity contribution in [2.24, 2.45) is 5.92 Å². The number of non-ortho nitro benzene ring substituents is 1. The highest BCUT2D eigenvalue weighted by Crippen LogP contribution is 2.26. The number of nitrogens with zero attached hydrogens (tertiary/aromatic N) is 2. The lowest BCUT2D eigenvalue weighted by Gasteiger charge is -2.18. The first-order chi connectivity index (χ1) is 10.1. The van der Waals surface area contributed by atoms with E-state index in [2.05, 4.69) is 5.32 Å². The van der Waals surface area contributed by atoms with Gasteiger partial charge in [-0.05, 0) is 12.5 Å². The van der Waals surface area contributed by atoms with E-state index in [4.69, 9.17) is 4.74 Å². The lowest BCUT2D eigenvalue weighted by atomic mass is 10.1. The molecule has 1 atom stereocenters. The summed E-state index contributed by atoms with van der Waals surface area (Å²) < 4.78 is 5.12. The average Bonchev–Trinajstić information content (AvgIpc) is 2.94. The Labute approximate surface area is 123 Å². The molecule has 0 aliphatic carbocycles. The van der Waals surface area contributed by atoms with Gasteiger partial charge in [0.1, 0.15) is 0 Å². The smallest absolute Gasteiger partial charge is 0.270 e. The van der Waals surface area contributed by atoms with E-state index >= 15 is 0 Å². The second-order valence-electron chi connectivity index (χ2n) is 5.10. The Balaban J connectivity index is 2.22. The topological polar surface area (TPSA) is 84.7 Å². The van der Waals surface area contributed by atoms with E-state index in [1.54, 1.807) is 25.1 Å².